The third-order valence-corrected chi connectivity index (χ3v) is 3.14. The van der Waals surface area contributed by atoms with Crippen molar-refractivity contribution < 1.29 is 14.3 Å². The van der Waals surface area contributed by atoms with E-state index >= 15 is 0 Å². The van der Waals surface area contributed by atoms with E-state index in [1.807, 2.05) is 20.8 Å². The van der Waals surface area contributed by atoms with Crippen LogP contribution < -0.4 is 5.32 Å². The van der Waals surface area contributed by atoms with E-state index < -0.39 is 11.6 Å². The molecule has 0 saturated heterocycles. The summed E-state index contributed by atoms with van der Waals surface area (Å²) in [5.41, 5.74) is 0.347. The van der Waals surface area contributed by atoms with Crippen molar-refractivity contribution in [1.29, 1.82) is 0 Å². The minimum absolute atomic E-state index is 0.0115. The second-order valence-corrected chi connectivity index (χ2v) is 6.42. The number of aromatic hydroxyl groups is 1. The number of phenols is 1. The van der Waals surface area contributed by atoms with E-state index in [1.54, 1.807) is 0 Å². The maximum atomic E-state index is 13.0. The van der Waals surface area contributed by atoms with Crippen molar-refractivity contribution in [3.05, 3.63) is 24.0 Å². The van der Waals surface area contributed by atoms with Crippen LogP contribution in [-0.2, 0) is 4.79 Å². The first-order valence-corrected chi connectivity index (χ1v) is 6.19. The van der Waals surface area contributed by atoms with Crippen LogP contribution in [0.25, 0.3) is 0 Å². The zero-order valence-corrected chi connectivity index (χ0v) is 10.9. The summed E-state index contributed by atoms with van der Waals surface area (Å²) in [6.07, 6.45) is 0. The molecule has 1 aromatic carbocycles. The lowest BCUT2D eigenvalue weighted by Crippen LogP contribution is -2.18. The maximum Gasteiger partial charge on any atom is 0.234 e. The van der Waals surface area contributed by atoms with Gasteiger partial charge in [-0.15, -0.1) is 11.8 Å². The highest BCUT2D eigenvalue weighted by Gasteiger charge is 2.13. The molecule has 0 aliphatic heterocycles. The number of carbonyl (C=O) groups excluding carboxylic acids is 1. The highest BCUT2D eigenvalue weighted by Crippen LogP contribution is 2.23. The molecule has 0 radical (unpaired) electrons. The van der Waals surface area contributed by atoms with Crippen LogP contribution in [-0.4, -0.2) is 21.5 Å². The van der Waals surface area contributed by atoms with E-state index in [1.165, 1.54) is 23.9 Å². The van der Waals surface area contributed by atoms with E-state index in [4.69, 9.17) is 5.11 Å². The summed E-state index contributed by atoms with van der Waals surface area (Å²) in [6.45, 7) is 6.06. The Kier molecular flexibility index (Phi) is 4.40. The summed E-state index contributed by atoms with van der Waals surface area (Å²) >= 11 is 1.51. The van der Waals surface area contributed by atoms with E-state index in [9.17, 15) is 9.18 Å². The molecule has 2 N–H and O–H groups in total. The van der Waals surface area contributed by atoms with Crippen molar-refractivity contribution in [2.75, 3.05) is 11.1 Å². The molecule has 1 amide bonds. The summed E-state index contributed by atoms with van der Waals surface area (Å²) in [6, 6.07) is 3.76. The Balaban J connectivity index is 2.54. The van der Waals surface area contributed by atoms with Gasteiger partial charge in [-0.3, -0.25) is 4.79 Å². The summed E-state index contributed by atoms with van der Waals surface area (Å²) in [5.74, 6) is -1.04. The number of benzene rings is 1. The molecule has 0 aromatic heterocycles. The third kappa shape index (κ3) is 5.08. The lowest BCUT2D eigenvalue weighted by Gasteiger charge is -2.17. The van der Waals surface area contributed by atoms with Crippen LogP contribution in [0, 0.1) is 5.82 Å². The normalized spacial score (nSPS) is 11.3. The predicted molar refractivity (Wildman–Crippen MR) is 68.9 cm³/mol. The zero-order valence-electron chi connectivity index (χ0n) is 10.1. The van der Waals surface area contributed by atoms with Crippen LogP contribution in [0.15, 0.2) is 18.2 Å². The zero-order chi connectivity index (χ0) is 13.1. The second-order valence-electron chi connectivity index (χ2n) is 4.62. The minimum atomic E-state index is -0.744. The van der Waals surface area contributed by atoms with Gasteiger partial charge in [-0.25, -0.2) is 4.39 Å². The summed E-state index contributed by atoms with van der Waals surface area (Å²) in [4.78, 5) is 11.5. The van der Waals surface area contributed by atoms with Gasteiger partial charge in [0.25, 0.3) is 0 Å². The predicted octanol–water partition coefficient (Wildman–Crippen LogP) is 3.00. The molecule has 0 spiro atoms. The molecule has 0 saturated carbocycles. The average Bonchev–Trinajstić information content (AvgIpc) is 2.20. The van der Waals surface area contributed by atoms with Gasteiger partial charge in [0, 0.05) is 16.5 Å². The van der Waals surface area contributed by atoms with Crippen molar-refractivity contribution in [1.82, 2.24) is 0 Å². The largest absolute Gasteiger partial charge is 0.505 e. The molecule has 0 fully saturated rings. The number of rotatable bonds is 3. The number of thioether (sulfide) groups is 1. The molecular formula is C12H16FNO2S. The average molecular weight is 257 g/mol. The van der Waals surface area contributed by atoms with Crippen molar-refractivity contribution in [2.24, 2.45) is 0 Å². The van der Waals surface area contributed by atoms with Crippen LogP contribution >= 0.6 is 11.8 Å². The molecule has 17 heavy (non-hydrogen) atoms. The van der Waals surface area contributed by atoms with Gasteiger partial charge in [0.05, 0.1) is 5.75 Å². The van der Waals surface area contributed by atoms with Gasteiger partial charge in [0.2, 0.25) is 5.91 Å². The highest BCUT2D eigenvalue weighted by atomic mass is 32.2. The van der Waals surface area contributed by atoms with E-state index in [0.29, 0.717) is 11.4 Å². The maximum absolute atomic E-state index is 13.0. The van der Waals surface area contributed by atoms with E-state index in [0.717, 1.165) is 6.07 Å². The highest BCUT2D eigenvalue weighted by molar-refractivity contribution is 8.01. The Morgan fingerprint density at radius 2 is 2.12 bits per heavy atom. The first kappa shape index (κ1) is 13.8. The van der Waals surface area contributed by atoms with Crippen LogP contribution in [0.5, 0.6) is 5.75 Å². The van der Waals surface area contributed by atoms with Gasteiger partial charge in [-0.05, 0) is 12.1 Å². The fraction of sp³-hybridized carbons (Fsp3) is 0.417. The fourth-order valence-corrected chi connectivity index (χ4v) is 1.70. The molecule has 0 bridgehead atoms. The van der Waals surface area contributed by atoms with Crippen LogP contribution in [0.1, 0.15) is 20.8 Å². The molecule has 0 atom stereocenters. The number of hydrogen-bond donors (Lipinski definition) is 2. The van der Waals surface area contributed by atoms with Crippen molar-refractivity contribution in [3.63, 3.8) is 0 Å². The van der Waals surface area contributed by atoms with Gasteiger partial charge in [0.1, 0.15) is 0 Å². The molecule has 0 aliphatic rings. The minimum Gasteiger partial charge on any atom is -0.505 e. The molecule has 0 heterocycles. The molecule has 5 heteroatoms. The molecule has 0 aliphatic carbocycles. The summed E-state index contributed by atoms with van der Waals surface area (Å²) < 4.78 is 13.0. The lowest BCUT2D eigenvalue weighted by molar-refractivity contribution is -0.113. The van der Waals surface area contributed by atoms with Crippen LogP contribution in [0.2, 0.25) is 0 Å². The Morgan fingerprint density at radius 3 is 2.65 bits per heavy atom. The van der Waals surface area contributed by atoms with Gasteiger partial charge in [-0.1, -0.05) is 20.8 Å². The smallest absolute Gasteiger partial charge is 0.234 e. The SMILES string of the molecule is CC(C)(C)SCC(=O)Nc1ccc(O)c(F)c1. The Labute approximate surface area is 104 Å². The molecule has 1 aromatic rings. The number of phenolic OH excluding ortho intramolecular Hbond substituents is 1. The van der Waals surface area contributed by atoms with E-state index in [-0.39, 0.29) is 10.7 Å². The molecule has 3 nitrogen and oxygen atoms in total. The van der Waals surface area contributed by atoms with Crippen LogP contribution in [0.4, 0.5) is 10.1 Å². The monoisotopic (exact) mass is 257 g/mol. The number of carbonyl (C=O) groups is 1. The second kappa shape index (κ2) is 5.40. The van der Waals surface area contributed by atoms with Crippen molar-refractivity contribution >= 4 is 23.4 Å². The number of amides is 1. The molecular weight excluding hydrogens is 241 g/mol. The summed E-state index contributed by atoms with van der Waals surface area (Å²) in [7, 11) is 0. The Hall–Kier alpha value is -1.23. The lowest BCUT2D eigenvalue weighted by atomic mass is 10.3. The molecule has 1 rings (SSSR count). The van der Waals surface area contributed by atoms with E-state index in [2.05, 4.69) is 5.32 Å². The van der Waals surface area contributed by atoms with Crippen LogP contribution in [0.3, 0.4) is 0 Å². The number of anilines is 1. The van der Waals surface area contributed by atoms with Gasteiger partial charge in [0.15, 0.2) is 11.6 Å². The Bertz CT molecular complexity index is 415. The number of nitrogens with one attached hydrogen (secondary N) is 1. The first-order chi connectivity index (χ1) is 7.78. The standard InChI is InChI=1S/C12H16FNO2S/c1-12(2,3)17-7-11(16)14-8-4-5-10(15)9(13)6-8/h4-6,15H,7H2,1-3H3,(H,14,16). The molecule has 0 unspecified atom stereocenters. The fourth-order valence-electron chi connectivity index (χ4n) is 1.06. The van der Waals surface area contributed by atoms with Gasteiger partial charge in [-0.2, -0.15) is 0 Å². The quantitative estimate of drug-likeness (QED) is 0.818. The number of hydrogen-bond acceptors (Lipinski definition) is 3. The summed E-state index contributed by atoms with van der Waals surface area (Å²) in [5, 5.41) is 11.6. The van der Waals surface area contributed by atoms with Gasteiger partial charge >= 0.3 is 0 Å². The van der Waals surface area contributed by atoms with Crippen molar-refractivity contribution in [3.8, 4) is 5.75 Å². The topological polar surface area (TPSA) is 49.3 Å². The molecule has 94 valence electrons. The van der Waals surface area contributed by atoms with Gasteiger partial charge < -0.3 is 10.4 Å². The first-order valence-electron chi connectivity index (χ1n) is 5.20. The Morgan fingerprint density at radius 1 is 1.47 bits per heavy atom. The number of halogens is 1. The van der Waals surface area contributed by atoms with Crippen molar-refractivity contribution in [2.45, 2.75) is 25.5 Å². The third-order valence-electron chi connectivity index (χ3n) is 1.87.